The van der Waals surface area contributed by atoms with Gasteiger partial charge in [0.2, 0.25) is 0 Å². The molecule has 0 amide bonds. The number of hydrogen-bond acceptors (Lipinski definition) is 4. The van der Waals surface area contributed by atoms with Crippen LogP contribution in [0.25, 0.3) is 0 Å². The summed E-state index contributed by atoms with van der Waals surface area (Å²) in [6.45, 7) is 0.219. The number of aliphatic imine (C=N–C) groups is 1. The highest BCUT2D eigenvalue weighted by Crippen LogP contribution is 2.17. The molecule has 7 N–H and O–H groups in total. The van der Waals surface area contributed by atoms with Crippen molar-refractivity contribution in [1.82, 2.24) is 0 Å². The Bertz CT molecular complexity index is 512. The lowest BCUT2D eigenvalue weighted by Gasteiger charge is -2.22. The van der Waals surface area contributed by atoms with Crippen LogP contribution in [0.4, 0.5) is 0 Å². The molecule has 0 aliphatic carbocycles. The van der Waals surface area contributed by atoms with Gasteiger partial charge < -0.3 is 22.3 Å². The summed E-state index contributed by atoms with van der Waals surface area (Å²) in [7, 11) is 0. The molecule has 0 aliphatic rings. The number of Topliss-reactive ketones (excluding diaryl/α,β-unsaturated/α-hetero) is 1. The zero-order chi connectivity index (χ0) is 15.2. The van der Waals surface area contributed by atoms with Gasteiger partial charge in [-0.3, -0.25) is 9.79 Å². The number of rotatable bonds is 7. The molecule has 7 nitrogen and oxygen atoms in total. The average Bonchev–Trinajstić information content (AvgIpc) is 2.43. The maximum atomic E-state index is 12.2. The van der Waals surface area contributed by atoms with E-state index in [0.717, 1.165) is 0 Å². The van der Waals surface area contributed by atoms with E-state index in [0.29, 0.717) is 6.42 Å². The van der Waals surface area contributed by atoms with E-state index in [-0.39, 0.29) is 24.5 Å². The van der Waals surface area contributed by atoms with Crippen LogP contribution in [0.2, 0.25) is 0 Å². The predicted molar refractivity (Wildman–Crippen MR) is 75.2 cm³/mol. The molecule has 0 fully saturated rings. The Morgan fingerprint density at radius 3 is 2.30 bits per heavy atom. The second-order valence-electron chi connectivity index (χ2n) is 4.38. The molecule has 1 aromatic carbocycles. The summed E-state index contributed by atoms with van der Waals surface area (Å²) >= 11 is 0. The minimum absolute atomic E-state index is 0.0488. The first-order valence-corrected chi connectivity index (χ1v) is 6.05. The number of carboxylic acid groups (broad SMARTS) is 1. The zero-order valence-electron chi connectivity index (χ0n) is 11.0. The number of hydrogen-bond donors (Lipinski definition) is 4. The van der Waals surface area contributed by atoms with E-state index in [4.69, 9.17) is 17.2 Å². The SMILES string of the molecule is NC(N)=NCCC[C@@](N)(C(=O)O)C(=O)c1ccccc1. The molecule has 0 aromatic heterocycles. The average molecular weight is 278 g/mol. The van der Waals surface area contributed by atoms with Crippen LogP contribution in [-0.2, 0) is 4.79 Å². The van der Waals surface area contributed by atoms with E-state index in [1.165, 1.54) is 12.1 Å². The highest BCUT2D eigenvalue weighted by molar-refractivity contribution is 6.15. The summed E-state index contributed by atoms with van der Waals surface area (Å²) in [4.78, 5) is 27.3. The lowest BCUT2D eigenvalue weighted by molar-refractivity contribution is -0.141. The van der Waals surface area contributed by atoms with Crippen LogP contribution < -0.4 is 17.2 Å². The normalized spacial score (nSPS) is 13.2. The third kappa shape index (κ3) is 3.79. The van der Waals surface area contributed by atoms with Crippen LogP contribution in [0.15, 0.2) is 35.3 Å². The van der Waals surface area contributed by atoms with Crippen LogP contribution in [0.3, 0.4) is 0 Å². The monoisotopic (exact) mass is 278 g/mol. The van der Waals surface area contributed by atoms with Gasteiger partial charge in [-0.2, -0.15) is 0 Å². The highest BCUT2D eigenvalue weighted by atomic mass is 16.4. The van der Waals surface area contributed by atoms with Gasteiger partial charge in [0.15, 0.2) is 17.3 Å². The van der Waals surface area contributed by atoms with Gasteiger partial charge in [-0.1, -0.05) is 30.3 Å². The number of benzene rings is 1. The Morgan fingerprint density at radius 2 is 1.80 bits per heavy atom. The number of nitrogens with two attached hydrogens (primary N) is 3. The highest BCUT2D eigenvalue weighted by Gasteiger charge is 2.41. The van der Waals surface area contributed by atoms with E-state index < -0.39 is 17.3 Å². The molecule has 0 bridgehead atoms. The summed E-state index contributed by atoms with van der Waals surface area (Å²) < 4.78 is 0. The van der Waals surface area contributed by atoms with E-state index in [1.54, 1.807) is 18.2 Å². The largest absolute Gasteiger partial charge is 0.480 e. The molecule has 1 rings (SSSR count). The van der Waals surface area contributed by atoms with Gasteiger partial charge in [0.05, 0.1) is 0 Å². The van der Waals surface area contributed by atoms with Crippen LogP contribution in [0.1, 0.15) is 23.2 Å². The van der Waals surface area contributed by atoms with Gasteiger partial charge in [0, 0.05) is 12.1 Å². The summed E-state index contributed by atoms with van der Waals surface area (Å²) in [5, 5.41) is 9.24. The van der Waals surface area contributed by atoms with Crippen molar-refractivity contribution in [1.29, 1.82) is 0 Å². The molecule has 1 aromatic rings. The molecule has 0 aliphatic heterocycles. The van der Waals surface area contributed by atoms with Gasteiger partial charge in [-0.15, -0.1) is 0 Å². The number of carbonyl (C=O) groups excluding carboxylic acids is 1. The summed E-state index contributed by atoms with van der Waals surface area (Å²) in [6, 6.07) is 8.09. The fourth-order valence-electron chi connectivity index (χ4n) is 1.73. The summed E-state index contributed by atoms with van der Waals surface area (Å²) in [6.07, 6.45) is 0.242. The molecule has 0 saturated carbocycles. The quantitative estimate of drug-likeness (QED) is 0.177. The third-order valence-electron chi connectivity index (χ3n) is 2.85. The Kier molecular flexibility index (Phi) is 5.22. The maximum absolute atomic E-state index is 12.2. The molecule has 0 spiro atoms. The number of guanidine groups is 1. The molecule has 20 heavy (non-hydrogen) atoms. The first-order chi connectivity index (χ1) is 9.38. The molecule has 0 unspecified atom stereocenters. The first kappa shape index (κ1) is 15.6. The fraction of sp³-hybridized carbons (Fsp3) is 0.308. The lowest BCUT2D eigenvalue weighted by atomic mass is 9.86. The number of carboxylic acids is 1. The lowest BCUT2D eigenvalue weighted by Crippen LogP contribution is -2.55. The Hall–Kier alpha value is -2.41. The third-order valence-corrected chi connectivity index (χ3v) is 2.85. The molecule has 0 saturated heterocycles. The molecule has 108 valence electrons. The molecule has 0 heterocycles. The predicted octanol–water partition coefficient (Wildman–Crippen LogP) is -0.295. The molecular formula is C13H18N4O3. The summed E-state index contributed by atoms with van der Waals surface area (Å²) in [5.74, 6) is -2.08. The van der Waals surface area contributed by atoms with Crippen LogP contribution in [0.5, 0.6) is 0 Å². The van der Waals surface area contributed by atoms with Crippen LogP contribution in [0, 0.1) is 0 Å². The van der Waals surface area contributed by atoms with E-state index >= 15 is 0 Å². The standard InChI is InChI=1S/C13H18N4O3/c14-12(15)17-8-4-7-13(16,11(19)20)10(18)9-5-2-1-3-6-9/h1-3,5-6H,4,7-8,16H2,(H,19,20)(H4,14,15,17)/t13-/m0/s1. The van der Waals surface area contributed by atoms with E-state index in [2.05, 4.69) is 4.99 Å². The number of carbonyl (C=O) groups is 2. The number of nitrogens with zero attached hydrogens (tertiary/aromatic N) is 1. The van der Waals surface area contributed by atoms with Crippen molar-refractivity contribution in [3.8, 4) is 0 Å². The van der Waals surface area contributed by atoms with Crippen molar-refractivity contribution >= 4 is 17.7 Å². The Balaban J connectivity index is 2.84. The van der Waals surface area contributed by atoms with Crippen molar-refractivity contribution in [3.63, 3.8) is 0 Å². The summed E-state index contributed by atoms with van der Waals surface area (Å²) in [5.41, 5.74) is 14.4. The Labute approximate surface area is 116 Å². The molecule has 0 radical (unpaired) electrons. The second kappa shape index (κ2) is 6.67. The van der Waals surface area contributed by atoms with Gasteiger partial charge in [-0.25, -0.2) is 4.79 Å². The van der Waals surface area contributed by atoms with Crippen molar-refractivity contribution in [3.05, 3.63) is 35.9 Å². The van der Waals surface area contributed by atoms with Gasteiger partial charge in [0.25, 0.3) is 0 Å². The van der Waals surface area contributed by atoms with Crippen molar-refractivity contribution < 1.29 is 14.7 Å². The van der Waals surface area contributed by atoms with Crippen molar-refractivity contribution in [2.45, 2.75) is 18.4 Å². The van der Waals surface area contributed by atoms with Crippen molar-refractivity contribution in [2.24, 2.45) is 22.2 Å². The topological polar surface area (TPSA) is 145 Å². The van der Waals surface area contributed by atoms with Gasteiger partial charge in [-0.05, 0) is 12.8 Å². The smallest absolute Gasteiger partial charge is 0.331 e. The van der Waals surface area contributed by atoms with E-state index in [1.807, 2.05) is 0 Å². The van der Waals surface area contributed by atoms with Crippen LogP contribution in [-0.4, -0.2) is 34.9 Å². The fourth-order valence-corrected chi connectivity index (χ4v) is 1.73. The zero-order valence-corrected chi connectivity index (χ0v) is 11.0. The molecular weight excluding hydrogens is 260 g/mol. The number of aliphatic carboxylic acids is 1. The molecule has 1 atom stereocenters. The Morgan fingerprint density at radius 1 is 1.20 bits per heavy atom. The minimum atomic E-state index is -1.97. The maximum Gasteiger partial charge on any atom is 0.331 e. The van der Waals surface area contributed by atoms with Gasteiger partial charge >= 0.3 is 5.97 Å². The van der Waals surface area contributed by atoms with E-state index in [9.17, 15) is 14.7 Å². The number of ketones is 1. The van der Waals surface area contributed by atoms with Gasteiger partial charge in [0.1, 0.15) is 0 Å². The minimum Gasteiger partial charge on any atom is -0.480 e. The van der Waals surface area contributed by atoms with Crippen LogP contribution >= 0.6 is 0 Å². The van der Waals surface area contributed by atoms with Crippen molar-refractivity contribution in [2.75, 3.05) is 6.54 Å². The second-order valence-corrected chi connectivity index (χ2v) is 4.38. The first-order valence-electron chi connectivity index (χ1n) is 6.05. The molecule has 7 heteroatoms.